The lowest BCUT2D eigenvalue weighted by Crippen LogP contribution is -2.11. The third-order valence-corrected chi connectivity index (χ3v) is 4.17. The number of aryl methyl sites for hydroxylation is 1. The Morgan fingerprint density at radius 1 is 1.04 bits per heavy atom. The number of fused-ring (bicyclic) bond motifs is 1. The highest BCUT2D eigenvalue weighted by Gasteiger charge is 2.18. The summed E-state index contributed by atoms with van der Waals surface area (Å²) in [6, 6.07) is 19.0. The zero-order valence-electron chi connectivity index (χ0n) is 13.5. The lowest BCUT2D eigenvalue weighted by Gasteiger charge is -2.12. The van der Waals surface area contributed by atoms with Crippen molar-refractivity contribution >= 4 is 10.9 Å². The van der Waals surface area contributed by atoms with Gasteiger partial charge in [-0.25, -0.2) is 0 Å². The molecule has 0 atom stereocenters. The van der Waals surface area contributed by atoms with Gasteiger partial charge in [-0.15, -0.1) is 0 Å². The Labute approximate surface area is 143 Å². The van der Waals surface area contributed by atoms with Crippen molar-refractivity contribution in [1.29, 1.82) is 5.26 Å². The molecule has 0 aliphatic carbocycles. The van der Waals surface area contributed by atoms with Gasteiger partial charge >= 0.3 is 0 Å². The highest BCUT2D eigenvalue weighted by Crippen LogP contribution is 2.34. The molecule has 5 nitrogen and oxygen atoms in total. The Morgan fingerprint density at radius 3 is 2.52 bits per heavy atom. The smallest absolute Gasteiger partial charge is 0.258 e. The van der Waals surface area contributed by atoms with Gasteiger partial charge in [0, 0.05) is 22.2 Å². The minimum absolute atomic E-state index is 0.206. The third kappa shape index (κ3) is 2.50. The third-order valence-electron chi connectivity index (χ3n) is 4.17. The predicted octanol–water partition coefficient (Wildman–Crippen LogP) is 3.77. The SMILES string of the molecule is Cc1cc(-c2c(-c3ccccc3)c3cc(C#N)ccc3[nH]c2=O)n[nH]1. The van der Waals surface area contributed by atoms with Crippen LogP contribution < -0.4 is 5.56 Å². The van der Waals surface area contributed by atoms with E-state index >= 15 is 0 Å². The van der Waals surface area contributed by atoms with Crippen molar-refractivity contribution in [3.8, 4) is 28.5 Å². The molecule has 2 heterocycles. The molecule has 120 valence electrons. The van der Waals surface area contributed by atoms with Crippen LogP contribution in [0.25, 0.3) is 33.3 Å². The maximum absolute atomic E-state index is 12.8. The second kappa shape index (κ2) is 5.77. The summed E-state index contributed by atoms with van der Waals surface area (Å²) in [5.41, 5.74) is 4.67. The molecule has 0 spiro atoms. The van der Waals surface area contributed by atoms with Gasteiger partial charge in [-0.1, -0.05) is 30.3 Å². The predicted molar refractivity (Wildman–Crippen MR) is 97.0 cm³/mol. The van der Waals surface area contributed by atoms with Crippen LogP contribution in [-0.2, 0) is 0 Å². The van der Waals surface area contributed by atoms with Crippen LogP contribution in [0.1, 0.15) is 11.3 Å². The monoisotopic (exact) mass is 326 g/mol. The standard InChI is InChI=1S/C20H14N4O/c1-12-9-17(24-23-12)19-18(14-5-3-2-4-6-14)15-10-13(11-21)7-8-16(15)22-20(19)25/h2-10H,1H3,(H,22,25)(H,23,24). The fourth-order valence-electron chi connectivity index (χ4n) is 3.06. The average molecular weight is 326 g/mol. The number of aromatic nitrogens is 3. The minimum Gasteiger partial charge on any atom is -0.321 e. The zero-order valence-corrected chi connectivity index (χ0v) is 13.5. The summed E-state index contributed by atoms with van der Waals surface area (Å²) < 4.78 is 0. The molecule has 0 fully saturated rings. The number of nitrogens with one attached hydrogen (secondary N) is 2. The summed E-state index contributed by atoms with van der Waals surface area (Å²) in [6.45, 7) is 1.89. The summed E-state index contributed by atoms with van der Waals surface area (Å²) in [4.78, 5) is 15.7. The molecule has 0 amide bonds. The zero-order chi connectivity index (χ0) is 17.4. The number of nitrogens with zero attached hydrogens (tertiary/aromatic N) is 2. The molecule has 0 bridgehead atoms. The molecule has 0 saturated carbocycles. The van der Waals surface area contributed by atoms with Crippen LogP contribution in [0.15, 0.2) is 59.4 Å². The van der Waals surface area contributed by atoms with E-state index in [1.807, 2.05) is 43.3 Å². The highest BCUT2D eigenvalue weighted by molar-refractivity contribution is 6.02. The van der Waals surface area contributed by atoms with E-state index in [2.05, 4.69) is 21.3 Å². The van der Waals surface area contributed by atoms with E-state index in [1.165, 1.54) is 0 Å². The number of nitriles is 1. The summed E-state index contributed by atoms with van der Waals surface area (Å²) in [5, 5.41) is 17.2. The van der Waals surface area contributed by atoms with Crippen LogP contribution in [-0.4, -0.2) is 15.2 Å². The Kier molecular flexibility index (Phi) is 3.44. The van der Waals surface area contributed by atoms with Gasteiger partial charge in [-0.2, -0.15) is 10.4 Å². The lowest BCUT2D eigenvalue weighted by atomic mass is 9.94. The van der Waals surface area contributed by atoms with Crippen LogP contribution in [0.5, 0.6) is 0 Å². The molecule has 5 heteroatoms. The first kappa shape index (κ1) is 14.9. The first-order valence-electron chi connectivity index (χ1n) is 7.85. The molecular formula is C20H14N4O. The Balaban J connectivity index is 2.19. The molecule has 2 aromatic heterocycles. The van der Waals surface area contributed by atoms with Crippen LogP contribution in [0.4, 0.5) is 0 Å². The number of hydrogen-bond donors (Lipinski definition) is 2. The number of benzene rings is 2. The Morgan fingerprint density at radius 2 is 1.84 bits per heavy atom. The topological polar surface area (TPSA) is 85.3 Å². The van der Waals surface area contributed by atoms with Gasteiger partial charge in [0.05, 0.1) is 22.9 Å². The number of pyridine rings is 1. The number of rotatable bonds is 2. The van der Waals surface area contributed by atoms with E-state index in [9.17, 15) is 10.1 Å². The first-order valence-corrected chi connectivity index (χ1v) is 7.85. The Bertz CT molecular complexity index is 1180. The molecule has 0 saturated heterocycles. The second-order valence-corrected chi connectivity index (χ2v) is 5.88. The fourth-order valence-corrected chi connectivity index (χ4v) is 3.06. The largest absolute Gasteiger partial charge is 0.321 e. The quantitative estimate of drug-likeness (QED) is 0.588. The number of hydrogen-bond acceptors (Lipinski definition) is 3. The van der Waals surface area contributed by atoms with Gasteiger partial charge < -0.3 is 4.98 Å². The molecule has 0 aliphatic heterocycles. The Hall–Kier alpha value is -3.65. The van der Waals surface area contributed by atoms with E-state index in [0.717, 1.165) is 22.2 Å². The van der Waals surface area contributed by atoms with E-state index in [1.54, 1.807) is 18.2 Å². The molecule has 0 aliphatic rings. The van der Waals surface area contributed by atoms with Crippen molar-refractivity contribution in [2.75, 3.05) is 0 Å². The van der Waals surface area contributed by atoms with Gasteiger partial charge in [-0.3, -0.25) is 9.89 Å². The van der Waals surface area contributed by atoms with E-state index in [-0.39, 0.29) is 5.56 Å². The summed E-state index contributed by atoms with van der Waals surface area (Å²) in [7, 11) is 0. The maximum Gasteiger partial charge on any atom is 0.258 e. The molecule has 0 radical (unpaired) electrons. The first-order chi connectivity index (χ1) is 12.2. The van der Waals surface area contributed by atoms with Crippen LogP contribution in [0, 0.1) is 18.3 Å². The summed E-state index contributed by atoms with van der Waals surface area (Å²) >= 11 is 0. The lowest BCUT2D eigenvalue weighted by molar-refractivity contribution is 1.05. The van der Waals surface area contributed by atoms with Gasteiger partial charge in [0.15, 0.2) is 0 Å². The summed E-state index contributed by atoms with van der Waals surface area (Å²) in [6.07, 6.45) is 0. The van der Waals surface area contributed by atoms with Crippen molar-refractivity contribution in [2.45, 2.75) is 6.92 Å². The van der Waals surface area contributed by atoms with Crippen LogP contribution >= 0.6 is 0 Å². The molecule has 4 aromatic rings. The van der Waals surface area contributed by atoms with Gasteiger partial charge in [-0.05, 0) is 36.8 Å². The second-order valence-electron chi connectivity index (χ2n) is 5.88. The van der Waals surface area contributed by atoms with Gasteiger partial charge in [0.25, 0.3) is 5.56 Å². The van der Waals surface area contributed by atoms with Crippen molar-refractivity contribution < 1.29 is 0 Å². The normalized spacial score (nSPS) is 10.7. The average Bonchev–Trinajstić information content (AvgIpc) is 3.06. The molecule has 2 aromatic carbocycles. The van der Waals surface area contributed by atoms with Crippen LogP contribution in [0.3, 0.4) is 0 Å². The van der Waals surface area contributed by atoms with Gasteiger partial charge in [0.1, 0.15) is 0 Å². The minimum atomic E-state index is -0.206. The van der Waals surface area contributed by atoms with Gasteiger partial charge in [0.2, 0.25) is 0 Å². The molecule has 0 unspecified atom stereocenters. The van der Waals surface area contributed by atoms with E-state index in [0.29, 0.717) is 22.3 Å². The summed E-state index contributed by atoms with van der Waals surface area (Å²) in [5.74, 6) is 0. The highest BCUT2D eigenvalue weighted by atomic mass is 16.1. The fraction of sp³-hybridized carbons (Fsp3) is 0.0500. The van der Waals surface area contributed by atoms with Crippen molar-refractivity contribution in [3.63, 3.8) is 0 Å². The van der Waals surface area contributed by atoms with Crippen molar-refractivity contribution in [3.05, 3.63) is 76.2 Å². The van der Waals surface area contributed by atoms with Crippen molar-refractivity contribution in [1.82, 2.24) is 15.2 Å². The van der Waals surface area contributed by atoms with Crippen LogP contribution in [0.2, 0.25) is 0 Å². The molecule has 2 N–H and O–H groups in total. The number of aromatic amines is 2. The molecule has 4 rings (SSSR count). The number of H-pyrrole nitrogens is 2. The molecule has 25 heavy (non-hydrogen) atoms. The van der Waals surface area contributed by atoms with E-state index in [4.69, 9.17) is 0 Å². The molecular weight excluding hydrogens is 312 g/mol. The van der Waals surface area contributed by atoms with E-state index < -0.39 is 0 Å². The van der Waals surface area contributed by atoms with Crippen molar-refractivity contribution in [2.24, 2.45) is 0 Å². The maximum atomic E-state index is 12.8.